The Morgan fingerprint density at radius 3 is 2.62 bits per heavy atom. The normalized spacial score (nSPS) is 20.8. The molecule has 2 atom stereocenters. The highest BCUT2D eigenvalue weighted by molar-refractivity contribution is 6.42. The van der Waals surface area contributed by atoms with Crippen LogP contribution in [-0.2, 0) is 0 Å². The molecule has 2 aliphatic carbocycles. The number of hydrogen-bond donors (Lipinski definition) is 1. The number of carbonyl (C=O) groups is 1. The van der Waals surface area contributed by atoms with Gasteiger partial charge in [-0.3, -0.25) is 4.79 Å². The van der Waals surface area contributed by atoms with Crippen molar-refractivity contribution < 1.29 is 4.79 Å². The maximum atomic E-state index is 11.8. The van der Waals surface area contributed by atoms with Crippen LogP contribution in [0.1, 0.15) is 52.6 Å². The van der Waals surface area contributed by atoms with Gasteiger partial charge in [-0.2, -0.15) is 0 Å². The molecule has 2 bridgehead atoms. The Morgan fingerprint density at radius 1 is 1.17 bits per heavy atom. The minimum atomic E-state index is -0.743. The van der Waals surface area contributed by atoms with E-state index in [9.17, 15) is 9.70 Å². The molecule has 2 unspecified atom stereocenters. The molecular weight excluding hydrogens is 349 g/mol. The van der Waals surface area contributed by atoms with Crippen LogP contribution in [0, 0.1) is 4.91 Å². The summed E-state index contributed by atoms with van der Waals surface area (Å²) >= 11 is 12.0. The van der Waals surface area contributed by atoms with Gasteiger partial charge in [-0.05, 0) is 54.9 Å². The lowest BCUT2D eigenvalue weighted by molar-refractivity contribution is 0.0999. The third-order valence-electron chi connectivity index (χ3n) is 4.90. The van der Waals surface area contributed by atoms with Gasteiger partial charge in [0.05, 0.1) is 15.6 Å². The van der Waals surface area contributed by atoms with Crippen LogP contribution in [-0.4, -0.2) is 10.9 Å². The molecule has 122 valence electrons. The van der Waals surface area contributed by atoms with Crippen molar-refractivity contribution in [3.05, 3.63) is 56.0 Å². The van der Waals surface area contributed by atoms with Gasteiger partial charge in [0.25, 0.3) is 0 Å². The number of anilines is 2. The van der Waals surface area contributed by atoms with E-state index in [1.54, 1.807) is 12.1 Å². The summed E-state index contributed by atoms with van der Waals surface area (Å²) in [5.41, 5.74) is 3.08. The second-order valence-corrected chi connectivity index (χ2v) is 7.02. The highest BCUT2D eigenvalue weighted by atomic mass is 35.5. The number of pyridine rings is 1. The lowest BCUT2D eigenvalue weighted by Crippen LogP contribution is -2.11. The number of benzene rings is 1. The van der Waals surface area contributed by atoms with E-state index in [0.717, 1.165) is 36.1 Å². The first-order chi connectivity index (χ1) is 11.6. The van der Waals surface area contributed by atoms with Crippen LogP contribution < -0.4 is 5.32 Å². The van der Waals surface area contributed by atoms with Crippen LogP contribution in [0.2, 0.25) is 10.0 Å². The first kappa shape index (κ1) is 15.5. The van der Waals surface area contributed by atoms with E-state index >= 15 is 0 Å². The Labute approximate surface area is 148 Å². The average Bonchev–Trinajstić information content (AvgIpc) is 3.20. The zero-order valence-electron chi connectivity index (χ0n) is 12.6. The molecule has 24 heavy (non-hydrogen) atoms. The van der Waals surface area contributed by atoms with E-state index in [-0.39, 0.29) is 0 Å². The van der Waals surface area contributed by atoms with Crippen LogP contribution in [0.5, 0.6) is 0 Å². The molecule has 2 aliphatic rings. The molecule has 1 saturated carbocycles. The Kier molecular flexibility index (Phi) is 3.77. The zero-order valence-corrected chi connectivity index (χ0v) is 14.1. The summed E-state index contributed by atoms with van der Waals surface area (Å²) in [7, 11) is 0. The van der Waals surface area contributed by atoms with Crippen LogP contribution in [0.15, 0.2) is 29.6 Å². The van der Waals surface area contributed by atoms with E-state index in [2.05, 4.69) is 15.5 Å². The van der Waals surface area contributed by atoms with E-state index in [4.69, 9.17) is 23.2 Å². The van der Waals surface area contributed by atoms with Gasteiger partial charge in [-0.15, -0.1) is 4.91 Å². The van der Waals surface area contributed by atoms with Crippen LogP contribution in [0.3, 0.4) is 0 Å². The second-order valence-electron chi connectivity index (χ2n) is 6.21. The third kappa shape index (κ3) is 2.39. The van der Waals surface area contributed by atoms with Gasteiger partial charge in [-0.25, -0.2) is 4.98 Å². The van der Waals surface area contributed by atoms with Crippen molar-refractivity contribution in [1.29, 1.82) is 0 Å². The largest absolute Gasteiger partial charge is 0.340 e. The van der Waals surface area contributed by atoms with Crippen LogP contribution >= 0.6 is 23.2 Å². The molecular formula is C17H13Cl2N3O2. The topological polar surface area (TPSA) is 71.4 Å². The van der Waals surface area contributed by atoms with Crippen molar-refractivity contribution in [2.45, 2.75) is 31.1 Å². The number of nitrogens with zero attached hydrogens (tertiary/aromatic N) is 2. The molecule has 1 N–H and O–H groups in total. The molecule has 0 saturated heterocycles. The number of amides is 1. The molecule has 1 aromatic heterocycles. The minimum Gasteiger partial charge on any atom is -0.340 e. The van der Waals surface area contributed by atoms with Crippen molar-refractivity contribution >= 4 is 40.6 Å². The number of nitroso groups, excluding NO2 is 1. The fraction of sp³-hybridized carbons (Fsp3) is 0.294. The molecule has 1 heterocycles. The molecule has 1 amide bonds. The maximum Gasteiger partial charge on any atom is 0.318 e. The summed E-state index contributed by atoms with van der Waals surface area (Å²) in [6.45, 7) is 0. The third-order valence-corrected chi connectivity index (χ3v) is 5.64. The lowest BCUT2D eigenvalue weighted by atomic mass is 9.89. The molecule has 1 aromatic carbocycles. The molecule has 5 nitrogen and oxygen atoms in total. The standard InChI is InChI=1S/C17H13Cl2N3O2/c18-12-4-3-10(6-13(12)19)21-16-15-9-2-1-8(5-9)14(15)11(7-20-16)17(23)22-24/h3-4,6-9H,1-2,5H2,(H,20,21). The smallest absolute Gasteiger partial charge is 0.318 e. The molecule has 1 fully saturated rings. The van der Waals surface area contributed by atoms with Crippen LogP contribution in [0.4, 0.5) is 11.5 Å². The van der Waals surface area contributed by atoms with E-state index in [1.165, 1.54) is 6.20 Å². The fourth-order valence-corrected chi connectivity index (χ4v) is 4.23. The molecule has 4 rings (SSSR count). The highest BCUT2D eigenvalue weighted by Crippen LogP contribution is 2.56. The van der Waals surface area contributed by atoms with E-state index in [0.29, 0.717) is 33.3 Å². The fourth-order valence-electron chi connectivity index (χ4n) is 3.93. The Morgan fingerprint density at radius 2 is 1.92 bits per heavy atom. The predicted molar refractivity (Wildman–Crippen MR) is 93.4 cm³/mol. The molecule has 0 radical (unpaired) electrons. The number of nitrogens with one attached hydrogen (secondary N) is 1. The van der Waals surface area contributed by atoms with Gasteiger partial charge in [0.1, 0.15) is 5.82 Å². The first-order valence-electron chi connectivity index (χ1n) is 7.71. The van der Waals surface area contributed by atoms with Gasteiger partial charge in [0.2, 0.25) is 0 Å². The number of fused-ring (bicyclic) bond motifs is 5. The van der Waals surface area contributed by atoms with Gasteiger partial charge >= 0.3 is 5.91 Å². The molecule has 2 aromatic rings. The highest BCUT2D eigenvalue weighted by Gasteiger charge is 2.42. The van der Waals surface area contributed by atoms with Crippen molar-refractivity contribution in [3.8, 4) is 0 Å². The maximum absolute atomic E-state index is 11.8. The van der Waals surface area contributed by atoms with E-state index < -0.39 is 5.91 Å². The molecule has 0 spiro atoms. The van der Waals surface area contributed by atoms with Gasteiger partial charge in [-0.1, -0.05) is 23.2 Å². The summed E-state index contributed by atoms with van der Waals surface area (Å²) in [6, 6.07) is 5.27. The lowest BCUT2D eigenvalue weighted by Gasteiger charge is -2.21. The summed E-state index contributed by atoms with van der Waals surface area (Å²) in [5.74, 6) is 0.635. The summed E-state index contributed by atoms with van der Waals surface area (Å²) < 4.78 is 0. The van der Waals surface area contributed by atoms with Gasteiger partial charge in [0.15, 0.2) is 0 Å². The van der Waals surface area contributed by atoms with Crippen molar-refractivity contribution in [3.63, 3.8) is 0 Å². The number of hydrogen-bond acceptors (Lipinski definition) is 4. The Hall–Kier alpha value is -1.98. The summed E-state index contributed by atoms with van der Waals surface area (Å²) in [6.07, 6.45) is 4.55. The number of carbonyl (C=O) groups excluding carboxylic acids is 1. The number of aromatic nitrogens is 1. The summed E-state index contributed by atoms with van der Waals surface area (Å²) in [5, 5.41) is 6.78. The quantitative estimate of drug-likeness (QED) is 0.742. The van der Waals surface area contributed by atoms with Crippen molar-refractivity contribution in [1.82, 2.24) is 4.98 Å². The monoisotopic (exact) mass is 361 g/mol. The zero-order chi connectivity index (χ0) is 16.8. The van der Waals surface area contributed by atoms with Gasteiger partial charge in [0, 0.05) is 22.6 Å². The van der Waals surface area contributed by atoms with E-state index in [1.807, 2.05) is 6.07 Å². The molecule has 7 heteroatoms. The van der Waals surface area contributed by atoms with Gasteiger partial charge < -0.3 is 5.32 Å². The minimum absolute atomic E-state index is 0.308. The molecule has 0 aliphatic heterocycles. The Balaban J connectivity index is 1.79. The van der Waals surface area contributed by atoms with Crippen molar-refractivity contribution in [2.75, 3.05) is 5.32 Å². The SMILES string of the molecule is O=NC(=O)c1cnc(Nc2ccc(Cl)c(Cl)c2)c2c1C1CCC2C1. The van der Waals surface area contributed by atoms with Crippen molar-refractivity contribution in [2.24, 2.45) is 5.18 Å². The number of halogens is 2. The first-order valence-corrected chi connectivity index (χ1v) is 8.46. The predicted octanol–water partition coefficient (Wildman–Crippen LogP) is 5.40. The van der Waals surface area contributed by atoms with Crippen LogP contribution in [0.25, 0.3) is 0 Å². The summed E-state index contributed by atoms with van der Waals surface area (Å²) in [4.78, 5) is 26.9. The second kappa shape index (κ2) is 5.83. The number of rotatable bonds is 3. The Bertz CT molecular complexity index is 869. The average molecular weight is 362 g/mol.